The van der Waals surface area contributed by atoms with Crippen molar-refractivity contribution in [1.82, 2.24) is 0 Å². The Kier molecular flexibility index (Phi) is 3.97. The lowest BCUT2D eigenvalue weighted by Gasteiger charge is -2.07. The van der Waals surface area contributed by atoms with Crippen LogP contribution in [0.4, 0.5) is 0 Å². The van der Waals surface area contributed by atoms with Crippen molar-refractivity contribution in [3.05, 3.63) is 90.1 Å². The molecule has 0 spiro atoms. The Balaban J connectivity index is 2.03. The fourth-order valence-electron chi connectivity index (χ4n) is 2.21. The maximum absolute atomic E-state index is 12.3. The molecule has 0 aliphatic heterocycles. The highest BCUT2D eigenvalue weighted by molar-refractivity contribution is 5.89. The summed E-state index contributed by atoms with van der Waals surface area (Å²) in [6.45, 7) is 2.05. The average Bonchev–Trinajstić information content (AvgIpc) is 2.57. The minimum Gasteiger partial charge on any atom is -0.854 e. The minimum absolute atomic E-state index is 0.259. The molecule has 0 aliphatic carbocycles. The second kappa shape index (κ2) is 6.22. The molecule has 3 rings (SSSR count). The molecule has 0 aliphatic rings. The molecule has 3 heteroatoms. The first-order chi connectivity index (χ1) is 10.7. The van der Waals surface area contributed by atoms with Crippen LogP contribution in [0.15, 0.2) is 84.1 Å². The van der Waals surface area contributed by atoms with Crippen LogP contribution in [-0.4, -0.2) is 5.90 Å². The Bertz CT molecular complexity index is 793. The summed E-state index contributed by atoms with van der Waals surface area (Å²) >= 11 is 0. The standard InChI is InChI=1S/C19H16N2O/c1-15-10-12-16(13-11-15)18-9-5-6-14-21(18)20-19(22)17-7-3-2-4-8-17/h2-14H,1H3. The second-order valence-corrected chi connectivity index (χ2v) is 5.07. The van der Waals surface area contributed by atoms with Crippen LogP contribution in [0.25, 0.3) is 11.3 Å². The molecule has 0 fully saturated rings. The summed E-state index contributed by atoms with van der Waals surface area (Å²) in [6, 6.07) is 23.0. The van der Waals surface area contributed by atoms with E-state index in [1.54, 1.807) is 23.0 Å². The Labute approximate surface area is 129 Å². The van der Waals surface area contributed by atoms with Crippen molar-refractivity contribution < 1.29 is 9.78 Å². The number of hydrogen-bond donors (Lipinski definition) is 0. The molecule has 22 heavy (non-hydrogen) atoms. The number of pyridine rings is 1. The number of benzene rings is 2. The van der Waals surface area contributed by atoms with Gasteiger partial charge in [0, 0.05) is 17.7 Å². The van der Waals surface area contributed by atoms with E-state index in [2.05, 4.69) is 5.10 Å². The lowest BCUT2D eigenvalue weighted by Crippen LogP contribution is -2.35. The predicted octanol–water partition coefficient (Wildman–Crippen LogP) is 2.52. The normalized spacial score (nSPS) is 11.4. The van der Waals surface area contributed by atoms with E-state index in [9.17, 15) is 5.11 Å². The summed E-state index contributed by atoms with van der Waals surface area (Å²) in [4.78, 5) is 0. The molecule has 0 N–H and O–H groups in total. The molecule has 0 radical (unpaired) electrons. The third-order valence-electron chi connectivity index (χ3n) is 3.41. The number of aromatic nitrogens is 1. The highest BCUT2D eigenvalue weighted by Gasteiger charge is 2.11. The molecule has 3 aromatic rings. The molecule has 0 bridgehead atoms. The van der Waals surface area contributed by atoms with Crippen molar-refractivity contribution in [2.24, 2.45) is 5.10 Å². The number of nitrogens with zero attached hydrogens (tertiary/aromatic N) is 2. The van der Waals surface area contributed by atoms with Gasteiger partial charge in [0.25, 0.3) is 0 Å². The van der Waals surface area contributed by atoms with Gasteiger partial charge in [-0.3, -0.25) is 0 Å². The number of hydrogen-bond acceptors (Lipinski definition) is 2. The van der Waals surface area contributed by atoms with Crippen molar-refractivity contribution in [2.75, 3.05) is 0 Å². The molecule has 0 unspecified atom stereocenters. The predicted molar refractivity (Wildman–Crippen MR) is 85.2 cm³/mol. The fourth-order valence-corrected chi connectivity index (χ4v) is 2.21. The topological polar surface area (TPSA) is 39.3 Å². The summed E-state index contributed by atoms with van der Waals surface area (Å²) in [6.07, 6.45) is 1.79. The second-order valence-electron chi connectivity index (χ2n) is 5.07. The molecular weight excluding hydrogens is 272 g/mol. The van der Waals surface area contributed by atoms with E-state index in [1.165, 1.54) is 5.56 Å². The van der Waals surface area contributed by atoms with Crippen LogP contribution in [-0.2, 0) is 0 Å². The SMILES string of the molecule is Cc1ccc(-c2cccc[n+]2/N=C(\[O-])c2ccccc2)cc1. The minimum atomic E-state index is -0.259. The molecule has 0 saturated carbocycles. The first-order valence-corrected chi connectivity index (χ1v) is 7.13. The Morgan fingerprint density at radius 1 is 0.864 bits per heavy atom. The van der Waals surface area contributed by atoms with Gasteiger partial charge in [0.2, 0.25) is 11.9 Å². The molecule has 2 aromatic carbocycles. The smallest absolute Gasteiger partial charge is 0.245 e. The summed E-state index contributed by atoms with van der Waals surface area (Å²) in [5.74, 6) is -0.259. The highest BCUT2D eigenvalue weighted by atomic mass is 16.3. The van der Waals surface area contributed by atoms with Crippen LogP contribution < -0.4 is 9.78 Å². The average molecular weight is 288 g/mol. The molecule has 0 saturated heterocycles. The van der Waals surface area contributed by atoms with Crippen LogP contribution in [0.1, 0.15) is 11.1 Å². The zero-order chi connectivity index (χ0) is 15.4. The van der Waals surface area contributed by atoms with Gasteiger partial charge in [-0.25, -0.2) is 0 Å². The van der Waals surface area contributed by atoms with Gasteiger partial charge in [-0.15, -0.1) is 0 Å². The largest absolute Gasteiger partial charge is 0.854 e. The van der Waals surface area contributed by atoms with Gasteiger partial charge in [-0.1, -0.05) is 52.7 Å². The lowest BCUT2D eigenvalue weighted by molar-refractivity contribution is -0.670. The third-order valence-corrected chi connectivity index (χ3v) is 3.41. The molecule has 1 heterocycles. The highest BCUT2D eigenvalue weighted by Crippen LogP contribution is 2.15. The molecule has 0 amide bonds. The Hall–Kier alpha value is -2.94. The van der Waals surface area contributed by atoms with Crippen molar-refractivity contribution in [2.45, 2.75) is 6.92 Å². The summed E-state index contributed by atoms with van der Waals surface area (Å²) in [5, 5.41) is 16.5. The van der Waals surface area contributed by atoms with Crippen molar-refractivity contribution >= 4 is 5.90 Å². The fraction of sp³-hybridized carbons (Fsp3) is 0.0526. The molecule has 108 valence electrons. The van der Waals surface area contributed by atoms with E-state index in [0.717, 1.165) is 11.3 Å². The van der Waals surface area contributed by atoms with Crippen LogP contribution in [0, 0.1) is 6.92 Å². The van der Waals surface area contributed by atoms with Crippen molar-refractivity contribution in [3.8, 4) is 11.3 Å². The van der Waals surface area contributed by atoms with Gasteiger partial charge in [0.1, 0.15) is 0 Å². The maximum atomic E-state index is 12.3. The van der Waals surface area contributed by atoms with Crippen LogP contribution >= 0.6 is 0 Å². The molecule has 0 atom stereocenters. The van der Waals surface area contributed by atoms with Gasteiger partial charge >= 0.3 is 0 Å². The van der Waals surface area contributed by atoms with Gasteiger partial charge in [0.15, 0.2) is 0 Å². The third kappa shape index (κ3) is 3.04. The van der Waals surface area contributed by atoms with Gasteiger partial charge in [-0.2, -0.15) is 0 Å². The van der Waals surface area contributed by atoms with Crippen LogP contribution in [0.2, 0.25) is 0 Å². The van der Waals surface area contributed by atoms with Crippen LogP contribution in [0.3, 0.4) is 0 Å². The summed E-state index contributed by atoms with van der Waals surface area (Å²) in [7, 11) is 0. The molecular formula is C19H16N2O. The van der Waals surface area contributed by atoms with E-state index in [4.69, 9.17) is 0 Å². The number of rotatable bonds is 3. The van der Waals surface area contributed by atoms with Crippen molar-refractivity contribution in [1.29, 1.82) is 0 Å². The first kappa shape index (κ1) is 14.0. The molecule has 1 aromatic heterocycles. The summed E-state index contributed by atoms with van der Waals surface area (Å²) in [5.41, 5.74) is 3.68. The lowest BCUT2D eigenvalue weighted by atomic mass is 10.1. The monoisotopic (exact) mass is 288 g/mol. The van der Waals surface area contributed by atoms with E-state index in [0.29, 0.717) is 5.56 Å². The van der Waals surface area contributed by atoms with E-state index in [-0.39, 0.29) is 5.90 Å². The quantitative estimate of drug-likeness (QED) is 0.415. The first-order valence-electron chi connectivity index (χ1n) is 7.13. The van der Waals surface area contributed by atoms with E-state index in [1.807, 2.05) is 67.6 Å². The van der Waals surface area contributed by atoms with Crippen LogP contribution in [0.5, 0.6) is 0 Å². The summed E-state index contributed by atoms with van der Waals surface area (Å²) < 4.78 is 1.62. The zero-order valence-corrected chi connectivity index (χ0v) is 12.3. The van der Waals surface area contributed by atoms with E-state index >= 15 is 0 Å². The van der Waals surface area contributed by atoms with Gasteiger partial charge in [0.05, 0.1) is 5.90 Å². The number of aryl methyl sites for hydroxylation is 1. The van der Waals surface area contributed by atoms with E-state index < -0.39 is 0 Å². The maximum Gasteiger partial charge on any atom is 0.245 e. The van der Waals surface area contributed by atoms with Crippen molar-refractivity contribution in [3.63, 3.8) is 0 Å². The zero-order valence-electron chi connectivity index (χ0n) is 12.3. The Morgan fingerprint density at radius 3 is 2.27 bits per heavy atom. The Morgan fingerprint density at radius 2 is 1.55 bits per heavy atom. The van der Waals surface area contributed by atoms with Gasteiger partial charge in [-0.05, 0) is 35.8 Å². The van der Waals surface area contributed by atoms with Gasteiger partial charge < -0.3 is 5.11 Å². The molecule has 3 nitrogen and oxygen atoms in total.